The fourth-order valence-corrected chi connectivity index (χ4v) is 3.04. The molecule has 2 rings (SSSR count). The van der Waals surface area contributed by atoms with E-state index in [0.717, 1.165) is 19.6 Å². The van der Waals surface area contributed by atoms with E-state index in [1.54, 1.807) is 0 Å². The number of hydrogen-bond acceptors (Lipinski definition) is 3. The number of nitrogens with zero attached hydrogens (tertiary/aromatic N) is 1. The topological polar surface area (TPSA) is 38.5 Å². The van der Waals surface area contributed by atoms with Crippen LogP contribution < -0.4 is 5.73 Å². The molecule has 1 spiro atoms. The minimum atomic E-state index is 0.226. The lowest BCUT2D eigenvalue weighted by Gasteiger charge is -2.49. The Morgan fingerprint density at radius 1 is 1.59 bits per heavy atom. The zero-order valence-corrected chi connectivity index (χ0v) is 11.8. The number of ether oxygens (including phenoxy) is 1. The Balaban J connectivity index is 1.86. The molecule has 1 saturated carbocycles. The third-order valence-electron chi connectivity index (χ3n) is 4.40. The van der Waals surface area contributed by atoms with E-state index in [9.17, 15) is 0 Å². The Kier molecular flexibility index (Phi) is 4.06. The summed E-state index contributed by atoms with van der Waals surface area (Å²) in [5, 5.41) is 0. The van der Waals surface area contributed by atoms with E-state index < -0.39 is 0 Å². The smallest absolute Gasteiger partial charge is 0.0768 e. The van der Waals surface area contributed by atoms with Gasteiger partial charge in [0.2, 0.25) is 0 Å². The molecular formula is C13H24N2OS. The Morgan fingerprint density at radius 2 is 2.29 bits per heavy atom. The Bertz CT molecular complexity index is 291. The normalized spacial score (nSPS) is 29.0. The summed E-state index contributed by atoms with van der Waals surface area (Å²) in [4.78, 5) is 3.05. The van der Waals surface area contributed by atoms with Gasteiger partial charge in [0, 0.05) is 25.1 Å². The Morgan fingerprint density at radius 3 is 2.82 bits per heavy atom. The quantitative estimate of drug-likeness (QED) is 0.780. The predicted octanol–water partition coefficient (Wildman–Crippen LogP) is 1.94. The average Bonchev–Trinajstić information content (AvgIpc) is 2.27. The molecule has 2 aliphatic rings. The van der Waals surface area contributed by atoms with E-state index >= 15 is 0 Å². The summed E-state index contributed by atoms with van der Waals surface area (Å²) in [6, 6.07) is 0.640. The summed E-state index contributed by atoms with van der Waals surface area (Å²) < 4.78 is 5.96. The zero-order valence-electron chi connectivity index (χ0n) is 10.9. The first kappa shape index (κ1) is 13.2. The number of hydrogen-bond donors (Lipinski definition) is 1. The molecule has 0 aromatic rings. The van der Waals surface area contributed by atoms with Gasteiger partial charge >= 0.3 is 0 Å². The van der Waals surface area contributed by atoms with Crippen LogP contribution in [-0.4, -0.2) is 41.7 Å². The lowest BCUT2D eigenvalue weighted by Crippen LogP contribution is -2.52. The van der Waals surface area contributed by atoms with Crippen molar-refractivity contribution in [2.45, 2.75) is 50.7 Å². The van der Waals surface area contributed by atoms with Gasteiger partial charge in [-0.2, -0.15) is 0 Å². The highest BCUT2D eigenvalue weighted by Gasteiger charge is 2.43. The van der Waals surface area contributed by atoms with Gasteiger partial charge in [0.25, 0.3) is 0 Å². The van der Waals surface area contributed by atoms with E-state index in [4.69, 9.17) is 22.7 Å². The maximum absolute atomic E-state index is 5.96. The number of rotatable bonds is 4. The maximum atomic E-state index is 5.96. The van der Waals surface area contributed by atoms with Crippen molar-refractivity contribution in [2.24, 2.45) is 11.7 Å². The molecule has 4 heteroatoms. The molecule has 2 N–H and O–H groups in total. The SMILES string of the molecule is CC(CN(C)C1CCOC2(CCC2)C1)C(N)=S. The molecule has 0 radical (unpaired) electrons. The molecule has 98 valence electrons. The van der Waals surface area contributed by atoms with Crippen molar-refractivity contribution in [1.29, 1.82) is 0 Å². The molecule has 0 amide bonds. The largest absolute Gasteiger partial charge is 0.393 e. The molecule has 2 fully saturated rings. The van der Waals surface area contributed by atoms with Crippen molar-refractivity contribution in [3.63, 3.8) is 0 Å². The second-order valence-corrected chi connectivity index (χ2v) is 6.25. The van der Waals surface area contributed by atoms with Crippen LogP contribution in [0.15, 0.2) is 0 Å². The van der Waals surface area contributed by atoms with Crippen LogP contribution in [0.1, 0.15) is 39.0 Å². The standard InChI is InChI=1S/C13H24N2OS/c1-10(12(14)17)9-15(2)11-4-7-16-13(8-11)5-3-6-13/h10-11H,3-9H2,1-2H3,(H2,14,17). The second kappa shape index (κ2) is 5.21. The van der Waals surface area contributed by atoms with Crippen LogP contribution in [-0.2, 0) is 4.74 Å². The summed E-state index contributed by atoms with van der Waals surface area (Å²) in [5.74, 6) is 0.301. The highest BCUT2D eigenvalue weighted by atomic mass is 32.1. The second-order valence-electron chi connectivity index (χ2n) is 5.77. The van der Waals surface area contributed by atoms with Gasteiger partial charge in [0.05, 0.1) is 10.6 Å². The van der Waals surface area contributed by atoms with Crippen LogP contribution in [0.25, 0.3) is 0 Å². The van der Waals surface area contributed by atoms with Crippen molar-refractivity contribution < 1.29 is 4.74 Å². The first-order chi connectivity index (χ1) is 8.02. The molecule has 1 heterocycles. The fraction of sp³-hybridized carbons (Fsp3) is 0.923. The van der Waals surface area contributed by atoms with E-state index in [-0.39, 0.29) is 5.60 Å². The average molecular weight is 256 g/mol. The van der Waals surface area contributed by atoms with Crippen LogP contribution in [0.4, 0.5) is 0 Å². The minimum absolute atomic E-state index is 0.226. The van der Waals surface area contributed by atoms with Crippen molar-refractivity contribution in [3.8, 4) is 0 Å². The summed E-state index contributed by atoms with van der Waals surface area (Å²) >= 11 is 5.04. The molecule has 0 aromatic carbocycles. The van der Waals surface area contributed by atoms with E-state index in [1.807, 2.05) is 0 Å². The van der Waals surface area contributed by atoms with E-state index in [0.29, 0.717) is 16.9 Å². The Hall–Kier alpha value is -0.190. The number of thiocarbonyl (C=S) groups is 1. The van der Waals surface area contributed by atoms with Gasteiger partial charge < -0.3 is 15.4 Å². The highest BCUT2D eigenvalue weighted by Crippen LogP contribution is 2.43. The van der Waals surface area contributed by atoms with Crippen molar-refractivity contribution in [3.05, 3.63) is 0 Å². The molecule has 0 bridgehead atoms. The molecular weight excluding hydrogens is 232 g/mol. The van der Waals surface area contributed by atoms with Gasteiger partial charge in [-0.25, -0.2) is 0 Å². The number of nitrogens with two attached hydrogens (primary N) is 1. The fourth-order valence-electron chi connectivity index (χ4n) is 2.97. The van der Waals surface area contributed by atoms with Crippen molar-refractivity contribution in [2.75, 3.05) is 20.2 Å². The molecule has 2 atom stereocenters. The van der Waals surface area contributed by atoms with Crippen LogP contribution in [0.2, 0.25) is 0 Å². The molecule has 2 unspecified atom stereocenters. The van der Waals surface area contributed by atoms with Crippen molar-refractivity contribution in [1.82, 2.24) is 4.90 Å². The summed E-state index contributed by atoms with van der Waals surface area (Å²) in [7, 11) is 2.19. The van der Waals surface area contributed by atoms with Gasteiger partial charge in [-0.15, -0.1) is 0 Å². The maximum Gasteiger partial charge on any atom is 0.0768 e. The summed E-state index contributed by atoms with van der Waals surface area (Å²) in [6.07, 6.45) is 6.17. The van der Waals surface area contributed by atoms with Gasteiger partial charge in [0.15, 0.2) is 0 Å². The third-order valence-corrected chi connectivity index (χ3v) is 4.81. The molecule has 17 heavy (non-hydrogen) atoms. The first-order valence-corrected chi connectivity index (χ1v) is 7.07. The van der Waals surface area contributed by atoms with Gasteiger partial charge in [-0.3, -0.25) is 0 Å². The van der Waals surface area contributed by atoms with Crippen LogP contribution in [0, 0.1) is 5.92 Å². The minimum Gasteiger partial charge on any atom is -0.393 e. The highest BCUT2D eigenvalue weighted by molar-refractivity contribution is 7.80. The van der Waals surface area contributed by atoms with Crippen LogP contribution >= 0.6 is 12.2 Å². The lowest BCUT2D eigenvalue weighted by atomic mass is 9.73. The third kappa shape index (κ3) is 2.98. The lowest BCUT2D eigenvalue weighted by molar-refractivity contribution is -0.147. The zero-order chi connectivity index (χ0) is 12.5. The first-order valence-electron chi connectivity index (χ1n) is 6.66. The van der Waals surface area contributed by atoms with Gasteiger partial charge in [-0.1, -0.05) is 19.1 Å². The Labute approximate surface area is 110 Å². The van der Waals surface area contributed by atoms with Gasteiger partial charge in [0.1, 0.15) is 0 Å². The molecule has 1 aliphatic heterocycles. The molecule has 1 saturated heterocycles. The monoisotopic (exact) mass is 256 g/mol. The molecule has 0 aromatic heterocycles. The molecule has 3 nitrogen and oxygen atoms in total. The van der Waals surface area contributed by atoms with E-state index in [2.05, 4.69) is 18.9 Å². The van der Waals surface area contributed by atoms with Crippen LogP contribution in [0.3, 0.4) is 0 Å². The van der Waals surface area contributed by atoms with Gasteiger partial charge in [-0.05, 0) is 39.2 Å². The van der Waals surface area contributed by atoms with Crippen molar-refractivity contribution >= 4 is 17.2 Å². The van der Waals surface area contributed by atoms with E-state index in [1.165, 1.54) is 25.7 Å². The predicted molar refractivity (Wildman–Crippen MR) is 74.1 cm³/mol. The summed E-state index contributed by atoms with van der Waals surface area (Å²) in [5.41, 5.74) is 5.91. The van der Waals surface area contributed by atoms with Crippen LogP contribution in [0.5, 0.6) is 0 Å². The molecule has 1 aliphatic carbocycles. The summed E-state index contributed by atoms with van der Waals surface area (Å²) in [6.45, 7) is 3.99.